The largest absolute Gasteiger partial charge is 0.392 e. The van der Waals surface area contributed by atoms with Crippen LogP contribution >= 0.6 is 15.9 Å². The van der Waals surface area contributed by atoms with Crippen LogP contribution in [0.4, 0.5) is 0 Å². The summed E-state index contributed by atoms with van der Waals surface area (Å²) in [6, 6.07) is 0. The highest BCUT2D eigenvalue weighted by molar-refractivity contribution is 9.10. The van der Waals surface area contributed by atoms with E-state index >= 15 is 0 Å². The lowest BCUT2D eigenvalue weighted by Crippen LogP contribution is -2.29. The van der Waals surface area contributed by atoms with Gasteiger partial charge in [-0.3, -0.25) is 0 Å². The van der Waals surface area contributed by atoms with Gasteiger partial charge in [-0.25, -0.2) is 0 Å². The summed E-state index contributed by atoms with van der Waals surface area (Å²) in [7, 11) is 0. The molecule has 0 fully saturated rings. The van der Waals surface area contributed by atoms with Crippen LogP contribution in [0.15, 0.2) is 11.6 Å². The standard InChI is InChI=1S/C10H19BrO/c1-5-8(2)6-7-9(12)10(3,4)11/h5,9,12H,6-7H2,1-4H3/b8-5+. The molecular formula is C10H19BrO. The van der Waals surface area contributed by atoms with Crippen molar-refractivity contribution in [1.29, 1.82) is 0 Å². The first-order chi connectivity index (χ1) is 5.38. The van der Waals surface area contributed by atoms with E-state index in [-0.39, 0.29) is 10.4 Å². The highest BCUT2D eigenvalue weighted by atomic mass is 79.9. The van der Waals surface area contributed by atoms with Crippen LogP contribution in [0.1, 0.15) is 40.5 Å². The molecule has 0 heterocycles. The molecule has 0 aromatic rings. The Morgan fingerprint density at radius 3 is 2.42 bits per heavy atom. The average molecular weight is 235 g/mol. The molecule has 2 heteroatoms. The summed E-state index contributed by atoms with van der Waals surface area (Å²) in [6.45, 7) is 8.10. The number of allylic oxidation sites excluding steroid dienone is 2. The molecule has 0 saturated carbocycles. The molecule has 0 aliphatic heterocycles. The van der Waals surface area contributed by atoms with Crippen LogP contribution in [-0.4, -0.2) is 15.5 Å². The van der Waals surface area contributed by atoms with E-state index in [0.717, 1.165) is 12.8 Å². The molecule has 0 aromatic heterocycles. The van der Waals surface area contributed by atoms with Gasteiger partial charge in [0.1, 0.15) is 0 Å². The van der Waals surface area contributed by atoms with Gasteiger partial charge in [0.2, 0.25) is 0 Å². The second-order valence-electron chi connectivity index (χ2n) is 3.75. The third-order valence-electron chi connectivity index (χ3n) is 2.10. The minimum Gasteiger partial charge on any atom is -0.392 e. The third kappa shape index (κ3) is 4.94. The molecule has 0 rings (SSSR count). The van der Waals surface area contributed by atoms with Crippen molar-refractivity contribution in [3.8, 4) is 0 Å². The number of hydrogen-bond donors (Lipinski definition) is 1. The van der Waals surface area contributed by atoms with E-state index < -0.39 is 0 Å². The molecular weight excluding hydrogens is 216 g/mol. The fourth-order valence-corrected chi connectivity index (χ4v) is 1.08. The van der Waals surface area contributed by atoms with Crippen LogP contribution in [-0.2, 0) is 0 Å². The van der Waals surface area contributed by atoms with Crippen molar-refractivity contribution in [3.05, 3.63) is 11.6 Å². The van der Waals surface area contributed by atoms with Crippen molar-refractivity contribution >= 4 is 15.9 Å². The first-order valence-corrected chi connectivity index (χ1v) is 5.16. The van der Waals surface area contributed by atoms with E-state index in [9.17, 15) is 5.11 Å². The Labute approximate surface area is 84.0 Å². The average Bonchev–Trinajstić information content (AvgIpc) is 1.97. The van der Waals surface area contributed by atoms with Crippen molar-refractivity contribution in [2.75, 3.05) is 0 Å². The zero-order valence-electron chi connectivity index (χ0n) is 8.39. The quantitative estimate of drug-likeness (QED) is 0.585. The Morgan fingerprint density at radius 1 is 1.58 bits per heavy atom. The van der Waals surface area contributed by atoms with Crippen molar-refractivity contribution in [2.24, 2.45) is 0 Å². The fraction of sp³-hybridized carbons (Fsp3) is 0.800. The van der Waals surface area contributed by atoms with E-state index in [1.54, 1.807) is 0 Å². The number of aliphatic hydroxyl groups excluding tert-OH is 1. The van der Waals surface area contributed by atoms with E-state index in [4.69, 9.17) is 0 Å². The molecule has 0 amide bonds. The van der Waals surface area contributed by atoms with Gasteiger partial charge < -0.3 is 5.11 Å². The van der Waals surface area contributed by atoms with Gasteiger partial charge in [0.05, 0.1) is 6.10 Å². The normalized spacial score (nSPS) is 16.3. The molecule has 1 N–H and O–H groups in total. The number of aliphatic hydroxyl groups is 1. The number of rotatable bonds is 4. The predicted molar refractivity (Wildman–Crippen MR) is 57.7 cm³/mol. The fourth-order valence-electron chi connectivity index (χ4n) is 0.852. The van der Waals surface area contributed by atoms with Gasteiger partial charge in [0, 0.05) is 4.32 Å². The summed E-state index contributed by atoms with van der Waals surface area (Å²) in [5.74, 6) is 0. The monoisotopic (exact) mass is 234 g/mol. The first-order valence-electron chi connectivity index (χ1n) is 4.36. The number of halogens is 1. The Hall–Kier alpha value is 0.180. The van der Waals surface area contributed by atoms with Crippen LogP contribution in [0.25, 0.3) is 0 Å². The summed E-state index contributed by atoms with van der Waals surface area (Å²) in [5, 5.41) is 9.66. The molecule has 1 atom stereocenters. The first kappa shape index (κ1) is 12.2. The Morgan fingerprint density at radius 2 is 2.08 bits per heavy atom. The van der Waals surface area contributed by atoms with Gasteiger partial charge in [0.25, 0.3) is 0 Å². The molecule has 1 nitrogen and oxygen atoms in total. The van der Waals surface area contributed by atoms with Gasteiger partial charge in [0.15, 0.2) is 0 Å². The maximum atomic E-state index is 9.66. The summed E-state index contributed by atoms with van der Waals surface area (Å²) < 4.78 is -0.166. The zero-order chi connectivity index (χ0) is 9.78. The van der Waals surface area contributed by atoms with Crippen molar-refractivity contribution in [3.63, 3.8) is 0 Å². The molecule has 1 unspecified atom stereocenters. The second kappa shape index (κ2) is 5.03. The van der Waals surface area contributed by atoms with Gasteiger partial charge in [-0.1, -0.05) is 27.6 Å². The lowest BCUT2D eigenvalue weighted by atomic mass is 10.00. The van der Waals surface area contributed by atoms with Crippen LogP contribution in [0, 0.1) is 0 Å². The molecule has 0 aromatic carbocycles. The van der Waals surface area contributed by atoms with E-state index in [1.165, 1.54) is 5.57 Å². The lowest BCUT2D eigenvalue weighted by Gasteiger charge is -2.23. The van der Waals surface area contributed by atoms with Gasteiger partial charge >= 0.3 is 0 Å². The van der Waals surface area contributed by atoms with Gasteiger partial charge in [-0.15, -0.1) is 0 Å². The molecule has 72 valence electrons. The topological polar surface area (TPSA) is 20.2 Å². The highest BCUT2D eigenvalue weighted by Crippen LogP contribution is 2.24. The van der Waals surface area contributed by atoms with Gasteiger partial charge in [-0.05, 0) is 40.5 Å². The Bertz CT molecular complexity index is 156. The van der Waals surface area contributed by atoms with E-state index in [2.05, 4.69) is 28.9 Å². The van der Waals surface area contributed by atoms with E-state index in [1.807, 2.05) is 20.8 Å². The highest BCUT2D eigenvalue weighted by Gasteiger charge is 2.23. The smallest absolute Gasteiger partial charge is 0.0690 e. The predicted octanol–water partition coefficient (Wildman–Crippen LogP) is 3.27. The molecule has 0 bridgehead atoms. The molecule has 0 spiro atoms. The lowest BCUT2D eigenvalue weighted by molar-refractivity contribution is 0.135. The summed E-state index contributed by atoms with van der Waals surface area (Å²) in [6.07, 6.45) is 3.63. The van der Waals surface area contributed by atoms with Crippen LogP contribution in [0.5, 0.6) is 0 Å². The zero-order valence-corrected chi connectivity index (χ0v) is 9.98. The van der Waals surface area contributed by atoms with Crippen LogP contribution in [0.3, 0.4) is 0 Å². The number of alkyl halides is 1. The summed E-state index contributed by atoms with van der Waals surface area (Å²) in [5.41, 5.74) is 1.34. The molecule has 0 radical (unpaired) electrons. The molecule has 0 aliphatic carbocycles. The van der Waals surface area contributed by atoms with Crippen LogP contribution in [0.2, 0.25) is 0 Å². The Balaban J connectivity index is 3.80. The molecule has 0 aliphatic rings. The van der Waals surface area contributed by atoms with Crippen molar-refractivity contribution < 1.29 is 5.11 Å². The molecule has 12 heavy (non-hydrogen) atoms. The summed E-state index contributed by atoms with van der Waals surface area (Å²) >= 11 is 3.45. The minimum atomic E-state index is -0.271. The van der Waals surface area contributed by atoms with Crippen molar-refractivity contribution in [1.82, 2.24) is 0 Å². The number of hydrogen-bond acceptors (Lipinski definition) is 1. The minimum absolute atomic E-state index is 0.166. The maximum Gasteiger partial charge on any atom is 0.0690 e. The summed E-state index contributed by atoms with van der Waals surface area (Å²) in [4.78, 5) is 0. The Kier molecular flexibility index (Phi) is 5.10. The third-order valence-corrected chi connectivity index (χ3v) is 2.63. The maximum absolute atomic E-state index is 9.66. The van der Waals surface area contributed by atoms with Gasteiger partial charge in [-0.2, -0.15) is 0 Å². The van der Waals surface area contributed by atoms with E-state index in [0.29, 0.717) is 0 Å². The van der Waals surface area contributed by atoms with Crippen molar-refractivity contribution in [2.45, 2.75) is 51.0 Å². The van der Waals surface area contributed by atoms with Crippen LogP contribution < -0.4 is 0 Å². The molecule has 0 saturated heterocycles. The SMILES string of the molecule is C/C=C(\C)CCC(O)C(C)(C)Br. The second-order valence-corrected chi connectivity index (χ2v) is 5.80.